The van der Waals surface area contributed by atoms with E-state index in [2.05, 4.69) is 96.3 Å². The van der Waals surface area contributed by atoms with Gasteiger partial charge in [0.15, 0.2) is 0 Å². The summed E-state index contributed by atoms with van der Waals surface area (Å²) in [5, 5.41) is 8.59. The molecule has 0 saturated carbocycles. The van der Waals surface area contributed by atoms with E-state index < -0.39 is 0 Å². The number of benzene rings is 5. The maximum atomic E-state index is 6.12. The minimum Gasteiger partial charge on any atom is -0.456 e. The third kappa shape index (κ3) is 2.94. The van der Waals surface area contributed by atoms with Crippen molar-refractivity contribution in [2.75, 3.05) is 5.32 Å². The topological polar surface area (TPSA) is 25.2 Å². The number of rotatable bonds is 3. The van der Waals surface area contributed by atoms with Gasteiger partial charge in [0.25, 0.3) is 0 Å². The van der Waals surface area contributed by atoms with Crippen LogP contribution in [0.2, 0.25) is 0 Å². The minimum atomic E-state index is 0.939. The van der Waals surface area contributed by atoms with Gasteiger partial charge in [-0.05, 0) is 47.5 Å². The van der Waals surface area contributed by atoms with Crippen molar-refractivity contribution in [1.82, 2.24) is 0 Å². The second kappa shape index (κ2) is 7.22. The number of thiophene rings is 1. The van der Waals surface area contributed by atoms with E-state index in [1.165, 1.54) is 42.1 Å². The van der Waals surface area contributed by atoms with Crippen molar-refractivity contribution < 1.29 is 4.42 Å². The molecule has 3 heteroatoms. The minimum absolute atomic E-state index is 0.939. The highest BCUT2D eigenvalue weighted by Gasteiger charge is 2.15. The zero-order valence-corrected chi connectivity index (χ0v) is 18.5. The summed E-state index contributed by atoms with van der Waals surface area (Å²) in [5.74, 6) is 0. The molecule has 0 aliphatic carbocycles. The lowest BCUT2D eigenvalue weighted by molar-refractivity contribution is 0.669. The fourth-order valence-corrected chi connectivity index (χ4v) is 6.02. The highest BCUT2D eigenvalue weighted by molar-refractivity contribution is 7.27. The lowest BCUT2D eigenvalue weighted by Gasteiger charge is -2.09. The van der Waals surface area contributed by atoms with Crippen LogP contribution in [-0.4, -0.2) is 0 Å². The first-order chi connectivity index (χ1) is 16.3. The molecule has 2 nitrogen and oxygen atoms in total. The molecule has 0 unspecified atom stereocenters. The number of furan rings is 1. The average molecular weight is 442 g/mol. The smallest absolute Gasteiger partial charge is 0.136 e. The van der Waals surface area contributed by atoms with Gasteiger partial charge in [0.05, 0.1) is 10.4 Å². The summed E-state index contributed by atoms with van der Waals surface area (Å²) in [6.07, 6.45) is 0. The Kier molecular flexibility index (Phi) is 4.05. The summed E-state index contributed by atoms with van der Waals surface area (Å²) in [6, 6.07) is 38.2. The van der Waals surface area contributed by atoms with Crippen LogP contribution < -0.4 is 5.32 Å². The summed E-state index contributed by atoms with van der Waals surface area (Å²) in [5.41, 5.74) is 6.54. The van der Waals surface area contributed by atoms with Gasteiger partial charge in [-0.25, -0.2) is 0 Å². The second-order valence-corrected chi connectivity index (χ2v) is 9.29. The van der Waals surface area contributed by atoms with E-state index in [-0.39, 0.29) is 0 Å². The molecule has 0 amide bonds. The Morgan fingerprint density at radius 2 is 1.24 bits per heavy atom. The van der Waals surface area contributed by atoms with E-state index in [0.717, 1.165) is 22.5 Å². The van der Waals surface area contributed by atoms with Crippen LogP contribution in [0.4, 0.5) is 11.4 Å². The van der Waals surface area contributed by atoms with E-state index >= 15 is 0 Å². The van der Waals surface area contributed by atoms with Crippen molar-refractivity contribution in [3.63, 3.8) is 0 Å². The number of fused-ring (bicyclic) bond motifs is 7. The molecule has 0 spiro atoms. The van der Waals surface area contributed by atoms with Gasteiger partial charge >= 0.3 is 0 Å². The van der Waals surface area contributed by atoms with E-state index in [9.17, 15) is 0 Å². The highest BCUT2D eigenvalue weighted by atomic mass is 32.1. The summed E-state index contributed by atoms with van der Waals surface area (Å²) in [7, 11) is 0. The van der Waals surface area contributed by atoms with Crippen LogP contribution in [0.1, 0.15) is 0 Å². The molecular formula is C30H19NOS. The molecule has 156 valence electrons. The molecule has 0 radical (unpaired) electrons. The van der Waals surface area contributed by atoms with E-state index in [1.54, 1.807) is 0 Å². The second-order valence-electron chi connectivity index (χ2n) is 8.27. The van der Waals surface area contributed by atoms with Crippen LogP contribution in [0.3, 0.4) is 0 Å². The fraction of sp³-hybridized carbons (Fsp3) is 0. The average Bonchev–Trinajstić information content (AvgIpc) is 3.44. The lowest BCUT2D eigenvalue weighted by atomic mass is 10.1. The number of hydrogen-bond donors (Lipinski definition) is 1. The van der Waals surface area contributed by atoms with E-state index in [1.807, 2.05) is 29.5 Å². The first-order valence-corrected chi connectivity index (χ1v) is 11.8. The molecule has 0 atom stereocenters. The van der Waals surface area contributed by atoms with Crippen molar-refractivity contribution in [3.8, 4) is 11.1 Å². The summed E-state index contributed by atoms with van der Waals surface area (Å²) in [4.78, 5) is 0. The van der Waals surface area contributed by atoms with Gasteiger partial charge in [0, 0.05) is 31.9 Å². The molecule has 33 heavy (non-hydrogen) atoms. The molecule has 0 aliphatic rings. The quantitative estimate of drug-likeness (QED) is 0.295. The lowest BCUT2D eigenvalue weighted by Crippen LogP contribution is -1.90. The Hall–Kier alpha value is -4.08. The molecule has 0 fully saturated rings. The Morgan fingerprint density at radius 3 is 2.12 bits per heavy atom. The highest BCUT2D eigenvalue weighted by Crippen LogP contribution is 2.44. The zero-order chi connectivity index (χ0) is 21.8. The predicted molar refractivity (Wildman–Crippen MR) is 142 cm³/mol. The first-order valence-electron chi connectivity index (χ1n) is 11.0. The van der Waals surface area contributed by atoms with Crippen LogP contribution in [0.25, 0.3) is 53.2 Å². The molecule has 7 aromatic rings. The van der Waals surface area contributed by atoms with E-state index in [0.29, 0.717) is 0 Å². The molecule has 7 rings (SSSR count). The summed E-state index contributed by atoms with van der Waals surface area (Å²) in [6.45, 7) is 0. The van der Waals surface area contributed by atoms with Gasteiger partial charge in [0.1, 0.15) is 11.2 Å². The molecular weight excluding hydrogens is 422 g/mol. The standard InChI is InChI=1S/C30H19NOS/c1-2-7-19(8-3-1)20-13-15-21(16-14-20)31-25-11-6-10-22-23-17-18-27-28(30(23)33-29(22)25)24-9-4-5-12-26(24)32-27/h1-18,31H. The van der Waals surface area contributed by atoms with Crippen LogP contribution in [-0.2, 0) is 0 Å². The van der Waals surface area contributed by atoms with Crippen molar-refractivity contribution in [3.05, 3.63) is 109 Å². The number of anilines is 2. The molecule has 0 saturated heterocycles. The van der Waals surface area contributed by atoms with Crippen LogP contribution in [0, 0.1) is 0 Å². The molecule has 0 bridgehead atoms. The van der Waals surface area contributed by atoms with Gasteiger partial charge in [-0.1, -0.05) is 72.8 Å². The van der Waals surface area contributed by atoms with Crippen LogP contribution in [0.15, 0.2) is 114 Å². The van der Waals surface area contributed by atoms with Gasteiger partial charge in [0.2, 0.25) is 0 Å². The molecule has 2 aromatic heterocycles. The summed E-state index contributed by atoms with van der Waals surface area (Å²) >= 11 is 1.83. The molecule has 5 aromatic carbocycles. The van der Waals surface area contributed by atoms with Crippen molar-refractivity contribution in [1.29, 1.82) is 0 Å². The zero-order valence-electron chi connectivity index (χ0n) is 17.7. The van der Waals surface area contributed by atoms with E-state index in [4.69, 9.17) is 4.42 Å². The number of para-hydroxylation sites is 1. The predicted octanol–water partition coefficient (Wildman–Crippen LogP) is 9.36. The Balaban J connectivity index is 1.35. The Bertz CT molecular complexity index is 1780. The molecule has 1 N–H and O–H groups in total. The van der Waals surface area contributed by atoms with Crippen molar-refractivity contribution >= 4 is 64.8 Å². The molecule has 2 heterocycles. The maximum absolute atomic E-state index is 6.12. The maximum Gasteiger partial charge on any atom is 0.136 e. The number of hydrogen-bond acceptors (Lipinski definition) is 3. The van der Waals surface area contributed by atoms with Gasteiger partial charge in [-0.3, -0.25) is 0 Å². The fourth-order valence-electron chi connectivity index (χ4n) is 4.70. The number of nitrogens with one attached hydrogen (secondary N) is 1. The third-order valence-electron chi connectivity index (χ3n) is 6.28. The van der Waals surface area contributed by atoms with Gasteiger partial charge in [-0.15, -0.1) is 11.3 Å². The van der Waals surface area contributed by atoms with Crippen molar-refractivity contribution in [2.45, 2.75) is 0 Å². The third-order valence-corrected chi connectivity index (χ3v) is 7.55. The largest absolute Gasteiger partial charge is 0.456 e. The summed E-state index contributed by atoms with van der Waals surface area (Å²) < 4.78 is 8.66. The SMILES string of the molecule is c1ccc(-c2ccc(Nc3cccc4c3sc3c4ccc4oc5ccccc5c43)cc2)cc1. The van der Waals surface area contributed by atoms with Crippen molar-refractivity contribution in [2.24, 2.45) is 0 Å². The van der Waals surface area contributed by atoms with Crippen LogP contribution >= 0.6 is 11.3 Å². The first kappa shape index (κ1) is 18.5. The normalized spacial score (nSPS) is 11.6. The monoisotopic (exact) mass is 441 g/mol. The Labute approximate surface area is 194 Å². The van der Waals surface area contributed by atoms with Gasteiger partial charge < -0.3 is 9.73 Å². The van der Waals surface area contributed by atoms with Gasteiger partial charge in [-0.2, -0.15) is 0 Å². The molecule has 0 aliphatic heterocycles. The van der Waals surface area contributed by atoms with Crippen LogP contribution in [0.5, 0.6) is 0 Å². The Morgan fingerprint density at radius 1 is 0.515 bits per heavy atom.